The first-order valence-electron chi connectivity index (χ1n) is 6.80. The molecule has 1 aliphatic heterocycles. The first kappa shape index (κ1) is 14.6. The van der Waals surface area contributed by atoms with E-state index in [0.29, 0.717) is 6.54 Å². The van der Waals surface area contributed by atoms with Crippen LogP contribution >= 0.6 is 0 Å². The van der Waals surface area contributed by atoms with Crippen LogP contribution in [0.1, 0.15) is 23.1 Å². The molecule has 0 bridgehead atoms. The van der Waals surface area contributed by atoms with Gasteiger partial charge < -0.3 is 4.74 Å². The van der Waals surface area contributed by atoms with Crippen molar-refractivity contribution in [3.05, 3.63) is 65.5 Å². The quantitative estimate of drug-likeness (QED) is 0.805. The van der Waals surface area contributed by atoms with Crippen LogP contribution in [0.3, 0.4) is 0 Å². The molecular weight excluding hydrogens is 293 g/mol. The van der Waals surface area contributed by atoms with E-state index in [9.17, 15) is 13.2 Å². The van der Waals surface area contributed by atoms with E-state index in [1.807, 2.05) is 0 Å². The molecule has 2 aromatic rings. The molecule has 6 heteroatoms. The first-order chi connectivity index (χ1) is 10.6. The Bertz CT molecular complexity index is 656. The van der Waals surface area contributed by atoms with Crippen molar-refractivity contribution < 1.29 is 17.9 Å². The predicted molar refractivity (Wildman–Crippen MR) is 74.7 cm³/mol. The highest BCUT2D eigenvalue weighted by molar-refractivity contribution is 5.33. The summed E-state index contributed by atoms with van der Waals surface area (Å²) >= 11 is 0. The Labute approximate surface area is 125 Å². The van der Waals surface area contributed by atoms with Gasteiger partial charge in [0.1, 0.15) is 17.6 Å². The van der Waals surface area contributed by atoms with Gasteiger partial charge in [-0.2, -0.15) is 19.0 Å². The van der Waals surface area contributed by atoms with E-state index >= 15 is 0 Å². The number of ether oxygens (including phenoxy) is 1. The topological polar surface area (TPSA) is 34.0 Å². The number of nitrogens with zero attached hydrogens (tertiary/aromatic N) is 2. The van der Waals surface area contributed by atoms with Gasteiger partial charge in [-0.25, -0.2) is 4.39 Å². The number of hydrogen-bond acceptors (Lipinski definition) is 3. The van der Waals surface area contributed by atoms with Crippen LogP contribution < -0.4 is 4.74 Å². The van der Waals surface area contributed by atoms with Gasteiger partial charge in [-0.3, -0.25) is 0 Å². The molecule has 3 nitrogen and oxygen atoms in total. The Hall–Kier alpha value is -2.37. The number of benzene rings is 2. The minimum Gasteiger partial charge on any atom is -0.435 e. The fraction of sp³-hybridized carbons (Fsp3) is 0.250. The summed E-state index contributed by atoms with van der Waals surface area (Å²) < 4.78 is 41.7. The molecule has 1 aliphatic rings. The normalized spacial score (nSPS) is 20.5. The fourth-order valence-corrected chi connectivity index (χ4v) is 2.55. The van der Waals surface area contributed by atoms with Crippen LogP contribution in [0.15, 0.2) is 58.8 Å². The molecular formula is C16H13F3N2O. The fourth-order valence-electron chi connectivity index (χ4n) is 2.55. The number of alkyl halides is 2. The van der Waals surface area contributed by atoms with E-state index in [-0.39, 0.29) is 23.5 Å². The molecule has 114 valence electrons. The summed E-state index contributed by atoms with van der Waals surface area (Å²) in [5.41, 5.74) is 1.81. The van der Waals surface area contributed by atoms with Crippen LogP contribution in [0.2, 0.25) is 0 Å². The zero-order valence-corrected chi connectivity index (χ0v) is 11.5. The Kier molecular flexibility index (Phi) is 4.09. The zero-order chi connectivity index (χ0) is 15.5. The molecule has 0 aromatic heterocycles. The second-order valence-electron chi connectivity index (χ2n) is 4.99. The third-order valence-electron chi connectivity index (χ3n) is 3.61. The van der Waals surface area contributed by atoms with Crippen LogP contribution in [0, 0.1) is 5.82 Å². The predicted octanol–water partition coefficient (Wildman–Crippen LogP) is 4.72. The highest BCUT2D eigenvalue weighted by Gasteiger charge is 2.28. The Morgan fingerprint density at radius 3 is 2.23 bits per heavy atom. The van der Waals surface area contributed by atoms with Gasteiger partial charge in [0, 0.05) is 5.92 Å². The van der Waals surface area contributed by atoms with Crippen molar-refractivity contribution in [1.29, 1.82) is 0 Å². The first-order valence-corrected chi connectivity index (χ1v) is 6.80. The van der Waals surface area contributed by atoms with Crippen molar-refractivity contribution in [2.45, 2.75) is 18.6 Å². The Morgan fingerprint density at radius 2 is 1.59 bits per heavy atom. The van der Waals surface area contributed by atoms with Crippen molar-refractivity contribution in [3.8, 4) is 5.75 Å². The van der Waals surface area contributed by atoms with E-state index in [2.05, 4.69) is 15.0 Å². The van der Waals surface area contributed by atoms with Gasteiger partial charge in [0.25, 0.3) is 0 Å². The molecule has 0 amide bonds. The van der Waals surface area contributed by atoms with Crippen LogP contribution in [-0.2, 0) is 0 Å². The van der Waals surface area contributed by atoms with Gasteiger partial charge in [-0.15, -0.1) is 0 Å². The molecule has 2 aromatic carbocycles. The molecule has 0 N–H and O–H groups in total. The Morgan fingerprint density at radius 1 is 0.955 bits per heavy atom. The maximum atomic E-state index is 13.0. The highest BCUT2D eigenvalue weighted by Crippen LogP contribution is 2.39. The van der Waals surface area contributed by atoms with E-state index in [1.165, 1.54) is 24.3 Å². The molecule has 1 heterocycles. The van der Waals surface area contributed by atoms with Crippen LogP contribution in [0.25, 0.3) is 0 Å². The second kappa shape index (κ2) is 6.17. The minimum atomic E-state index is -2.84. The Balaban J connectivity index is 1.80. The molecule has 0 spiro atoms. The molecule has 0 saturated carbocycles. The number of azo groups is 1. The highest BCUT2D eigenvalue weighted by atomic mass is 19.3. The third-order valence-corrected chi connectivity index (χ3v) is 3.61. The maximum absolute atomic E-state index is 13.0. The lowest BCUT2D eigenvalue weighted by Gasteiger charge is -2.17. The minimum absolute atomic E-state index is 0.0162. The summed E-state index contributed by atoms with van der Waals surface area (Å²) in [5.74, 6) is -0.171. The van der Waals surface area contributed by atoms with Crippen LogP contribution in [0.5, 0.6) is 5.75 Å². The summed E-state index contributed by atoms with van der Waals surface area (Å²) in [4.78, 5) is 0. The summed E-state index contributed by atoms with van der Waals surface area (Å²) in [6, 6.07) is 12.4. The molecule has 22 heavy (non-hydrogen) atoms. The van der Waals surface area contributed by atoms with Gasteiger partial charge in [-0.05, 0) is 35.4 Å². The van der Waals surface area contributed by atoms with Crippen molar-refractivity contribution in [2.24, 2.45) is 10.2 Å². The van der Waals surface area contributed by atoms with Crippen molar-refractivity contribution in [2.75, 3.05) is 6.54 Å². The largest absolute Gasteiger partial charge is 0.435 e. The van der Waals surface area contributed by atoms with Crippen LogP contribution in [0.4, 0.5) is 13.2 Å². The summed E-state index contributed by atoms with van der Waals surface area (Å²) in [6.45, 7) is -2.32. The molecule has 2 unspecified atom stereocenters. The third kappa shape index (κ3) is 3.10. The lowest BCUT2D eigenvalue weighted by atomic mass is 9.88. The monoisotopic (exact) mass is 306 g/mol. The van der Waals surface area contributed by atoms with Gasteiger partial charge in [-0.1, -0.05) is 24.3 Å². The van der Waals surface area contributed by atoms with Gasteiger partial charge in [0.15, 0.2) is 0 Å². The van der Waals surface area contributed by atoms with E-state index in [4.69, 9.17) is 0 Å². The lowest BCUT2D eigenvalue weighted by Crippen LogP contribution is -2.08. The second-order valence-corrected chi connectivity index (χ2v) is 4.99. The van der Waals surface area contributed by atoms with Gasteiger partial charge in [0.2, 0.25) is 0 Å². The van der Waals surface area contributed by atoms with Crippen molar-refractivity contribution >= 4 is 0 Å². The van der Waals surface area contributed by atoms with Crippen LogP contribution in [-0.4, -0.2) is 13.2 Å². The molecule has 0 radical (unpaired) electrons. The van der Waals surface area contributed by atoms with Gasteiger partial charge >= 0.3 is 6.61 Å². The number of hydrogen-bond donors (Lipinski definition) is 0. The van der Waals surface area contributed by atoms with Gasteiger partial charge in [0.05, 0.1) is 6.54 Å². The molecule has 2 atom stereocenters. The summed E-state index contributed by atoms with van der Waals surface area (Å²) in [6.07, 6.45) is 0. The average Bonchev–Trinajstić information content (AvgIpc) is 2.97. The summed E-state index contributed by atoms with van der Waals surface area (Å²) in [7, 11) is 0. The number of halogens is 3. The van der Waals surface area contributed by atoms with E-state index in [1.54, 1.807) is 24.3 Å². The SMILES string of the molecule is Fc1ccc(C2CN=NC2c2ccc(OC(F)F)cc2)cc1. The maximum Gasteiger partial charge on any atom is 0.387 e. The van der Waals surface area contributed by atoms with Crippen molar-refractivity contribution in [1.82, 2.24) is 0 Å². The van der Waals surface area contributed by atoms with Crippen molar-refractivity contribution in [3.63, 3.8) is 0 Å². The number of rotatable bonds is 4. The molecule has 3 rings (SSSR count). The van der Waals surface area contributed by atoms with E-state index in [0.717, 1.165) is 11.1 Å². The average molecular weight is 306 g/mol. The smallest absolute Gasteiger partial charge is 0.387 e. The molecule has 0 fully saturated rings. The summed E-state index contributed by atoms with van der Waals surface area (Å²) in [5, 5.41) is 8.29. The standard InChI is InChI=1S/C16H13F3N2O/c17-12-5-1-10(2-6-12)14-9-20-21-15(14)11-3-7-13(8-4-11)22-16(18)19/h1-8,14-16H,9H2. The molecule has 0 saturated heterocycles. The zero-order valence-electron chi connectivity index (χ0n) is 11.5. The molecule has 0 aliphatic carbocycles. The lowest BCUT2D eigenvalue weighted by molar-refractivity contribution is -0.0498. The van der Waals surface area contributed by atoms with E-state index < -0.39 is 6.61 Å².